The lowest BCUT2D eigenvalue weighted by Crippen LogP contribution is -2.45. The largest absolute Gasteiger partial charge is 0.277 e. The highest BCUT2D eigenvalue weighted by atomic mass is 32.2. The van der Waals surface area contributed by atoms with Gasteiger partial charge in [-0.3, -0.25) is 14.5 Å². The lowest BCUT2D eigenvalue weighted by molar-refractivity contribution is -0.121. The van der Waals surface area contributed by atoms with E-state index in [1.807, 2.05) is 32.9 Å². The molecule has 0 bridgehead atoms. The first kappa shape index (κ1) is 17.2. The van der Waals surface area contributed by atoms with Crippen molar-refractivity contribution >= 4 is 21.6 Å². The van der Waals surface area contributed by atoms with E-state index in [1.54, 1.807) is 6.92 Å². The molecule has 0 aliphatic heterocycles. The van der Waals surface area contributed by atoms with Crippen LogP contribution in [0.3, 0.4) is 0 Å². The maximum absolute atomic E-state index is 12.6. The van der Waals surface area contributed by atoms with Crippen LogP contribution in [0.15, 0.2) is 17.1 Å². The molecule has 0 aromatic heterocycles. The second-order valence-electron chi connectivity index (χ2n) is 6.53. The number of nitrogens with zero attached hydrogens (tertiary/aromatic N) is 1. The maximum Gasteiger partial charge on any atom is 0.261 e. The van der Waals surface area contributed by atoms with Gasteiger partial charge >= 0.3 is 0 Å². The molecule has 2 saturated carbocycles. The van der Waals surface area contributed by atoms with Gasteiger partial charge in [0.2, 0.25) is 10.0 Å². The third-order valence-electron chi connectivity index (χ3n) is 4.81. The summed E-state index contributed by atoms with van der Waals surface area (Å²) >= 11 is 0. The van der Waals surface area contributed by atoms with Crippen molar-refractivity contribution in [3.8, 4) is 0 Å². The fourth-order valence-corrected chi connectivity index (χ4v) is 3.95. The fourth-order valence-electron chi connectivity index (χ4n) is 2.64. The van der Waals surface area contributed by atoms with Crippen LogP contribution in [0.2, 0.25) is 0 Å². The first-order chi connectivity index (χ1) is 10.2. The van der Waals surface area contributed by atoms with Crippen LogP contribution in [0.5, 0.6) is 0 Å². The average molecular weight is 326 g/mol. The first-order valence-corrected chi connectivity index (χ1v) is 9.50. The van der Waals surface area contributed by atoms with Crippen molar-refractivity contribution in [1.29, 1.82) is 0 Å². The number of hydrogen-bond donors (Lipinski definition) is 1. The van der Waals surface area contributed by atoms with Gasteiger partial charge in [0, 0.05) is 11.6 Å². The molecular weight excluding hydrogens is 300 g/mol. The number of sulfonamides is 1. The number of allylic oxidation sites excluding steroid dienone is 1. The van der Waals surface area contributed by atoms with E-state index in [1.165, 1.54) is 0 Å². The minimum atomic E-state index is -3.61. The Labute approximate surface area is 133 Å². The Kier molecular flexibility index (Phi) is 4.53. The molecule has 5 nitrogen and oxygen atoms in total. The van der Waals surface area contributed by atoms with Crippen molar-refractivity contribution in [2.75, 3.05) is 0 Å². The Bertz CT molecular complexity index is 611. The highest BCUT2D eigenvalue weighted by Crippen LogP contribution is 2.50. The number of rotatable bonds is 7. The summed E-state index contributed by atoms with van der Waals surface area (Å²) in [5, 5.41) is 0. The summed E-state index contributed by atoms with van der Waals surface area (Å²) in [6.07, 6.45) is 7.19. The van der Waals surface area contributed by atoms with E-state index in [4.69, 9.17) is 0 Å². The Morgan fingerprint density at radius 1 is 1.32 bits per heavy atom. The standard InChI is InChI=1S/C16H26N2O3S/c1-5-8-12-11-16(12,17-13(6-2)7-3)14(19)18-22(20,21)15(4)9-10-15/h5,8,12H,6-7,9-11H2,1-4H3,(H,18,19). The summed E-state index contributed by atoms with van der Waals surface area (Å²) in [6.45, 7) is 7.58. The second-order valence-corrected chi connectivity index (χ2v) is 8.73. The van der Waals surface area contributed by atoms with Gasteiger partial charge in [-0.1, -0.05) is 26.0 Å². The number of aliphatic imine (C=N–C) groups is 1. The zero-order chi connectivity index (χ0) is 16.6. The van der Waals surface area contributed by atoms with Gasteiger partial charge in [-0.2, -0.15) is 0 Å². The second kappa shape index (κ2) is 5.80. The molecule has 0 aromatic rings. The number of hydrogen-bond acceptors (Lipinski definition) is 4. The van der Waals surface area contributed by atoms with Crippen LogP contribution in [0, 0.1) is 5.92 Å². The molecule has 1 N–H and O–H groups in total. The minimum absolute atomic E-state index is 0.00666. The molecule has 2 aliphatic carbocycles. The molecule has 0 heterocycles. The zero-order valence-electron chi connectivity index (χ0n) is 13.8. The molecule has 0 aromatic carbocycles. The normalized spacial score (nSPS) is 29.2. The van der Waals surface area contributed by atoms with Gasteiger partial charge in [0.1, 0.15) is 5.54 Å². The maximum atomic E-state index is 12.6. The van der Waals surface area contributed by atoms with E-state index in [2.05, 4.69) is 9.71 Å². The molecule has 2 aliphatic rings. The SMILES string of the molecule is CC=CC1CC1(N=C(CC)CC)C(=O)NS(=O)(=O)C1(C)CC1. The number of carbonyl (C=O) groups excluding carboxylic acids is 1. The Morgan fingerprint density at radius 3 is 2.36 bits per heavy atom. The van der Waals surface area contributed by atoms with Gasteiger partial charge in [0.15, 0.2) is 0 Å². The minimum Gasteiger partial charge on any atom is -0.277 e. The third kappa shape index (κ3) is 2.98. The van der Waals surface area contributed by atoms with Gasteiger partial charge in [-0.05, 0) is 46.0 Å². The van der Waals surface area contributed by atoms with Gasteiger partial charge < -0.3 is 0 Å². The van der Waals surface area contributed by atoms with Crippen molar-refractivity contribution in [2.45, 2.75) is 70.1 Å². The summed E-state index contributed by atoms with van der Waals surface area (Å²) in [6, 6.07) is 0. The van der Waals surface area contributed by atoms with Gasteiger partial charge in [-0.15, -0.1) is 0 Å². The molecule has 6 heteroatoms. The molecule has 1 amide bonds. The average Bonchev–Trinajstić information content (AvgIpc) is 3.35. The molecular formula is C16H26N2O3S. The predicted octanol–water partition coefficient (Wildman–Crippen LogP) is 2.58. The van der Waals surface area contributed by atoms with Crippen LogP contribution < -0.4 is 4.72 Å². The van der Waals surface area contributed by atoms with Crippen LogP contribution >= 0.6 is 0 Å². The first-order valence-electron chi connectivity index (χ1n) is 8.02. The topological polar surface area (TPSA) is 75.6 Å². The van der Waals surface area contributed by atoms with E-state index in [9.17, 15) is 13.2 Å². The van der Waals surface area contributed by atoms with Crippen LogP contribution in [0.1, 0.15) is 59.8 Å². The quantitative estimate of drug-likeness (QED) is 0.577. The number of carbonyl (C=O) groups is 1. The molecule has 2 fully saturated rings. The van der Waals surface area contributed by atoms with E-state index >= 15 is 0 Å². The molecule has 0 radical (unpaired) electrons. The molecule has 2 unspecified atom stereocenters. The van der Waals surface area contributed by atoms with Gasteiger partial charge in [0.25, 0.3) is 5.91 Å². The van der Waals surface area contributed by atoms with Gasteiger partial charge in [-0.25, -0.2) is 8.42 Å². The van der Waals surface area contributed by atoms with E-state index < -0.39 is 26.2 Å². The lowest BCUT2D eigenvalue weighted by atomic mass is 10.1. The third-order valence-corrected chi connectivity index (χ3v) is 6.97. The summed E-state index contributed by atoms with van der Waals surface area (Å²) in [7, 11) is -3.61. The smallest absolute Gasteiger partial charge is 0.261 e. The summed E-state index contributed by atoms with van der Waals surface area (Å²) in [4.78, 5) is 17.3. The summed E-state index contributed by atoms with van der Waals surface area (Å²) < 4.78 is 26.1. The van der Waals surface area contributed by atoms with Crippen LogP contribution in [-0.4, -0.2) is 30.3 Å². The highest BCUT2D eigenvalue weighted by molar-refractivity contribution is 7.91. The van der Waals surface area contributed by atoms with E-state index in [0.29, 0.717) is 19.3 Å². The monoisotopic (exact) mass is 326 g/mol. The van der Waals surface area contributed by atoms with Crippen LogP contribution in [0.4, 0.5) is 0 Å². The van der Waals surface area contributed by atoms with Crippen molar-refractivity contribution in [2.24, 2.45) is 10.9 Å². The van der Waals surface area contributed by atoms with Crippen molar-refractivity contribution < 1.29 is 13.2 Å². The van der Waals surface area contributed by atoms with Crippen molar-refractivity contribution in [3.05, 3.63) is 12.2 Å². The fraction of sp³-hybridized carbons (Fsp3) is 0.750. The zero-order valence-corrected chi connectivity index (χ0v) is 14.7. The molecule has 22 heavy (non-hydrogen) atoms. The Balaban J connectivity index is 2.24. The predicted molar refractivity (Wildman–Crippen MR) is 88.4 cm³/mol. The Hall–Kier alpha value is -1.17. The summed E-state index contributed by atoms with van der Waals surface area (Å²) in [5.74, 6) is -0.476. The molecule has 0 spiro atoms. The van der Waals surface area contributed by atoms with Crippen molar-refractivity contribution in [3.63, 3.8) is 0 Å². The molecule has 2 atom stereocenters. The van der Waals surface area contributed by atoms with E-state index in [0.717, 1.165) is 18.6 Å². The lowest BCUT2D eigenvalue weighted by Gasteiger charge is -2.17. The summed E-state index contributed by atoms with van der Waals surface area (Å²) in [5.41, 5.74) is 0.0313. The van der Waals surface area contributed by atoms with Crippen LogP contribution in [-0.2, 0) is 14.8 Å². The van der Waals surface area contributed by atoms with Crippen molar-refractivity contribution in [1.82, 2.24) is 4.72 Å². The Morgan fingerprint density at radius 2 is 1.91 bits per heavy atom. The van der Waals surface area contributed by atoms with Crippen LogP contribution in [0.25, 0.3) is 0 Å². The molecule has 124 valence electrons. The van der Waals surface area contributed by atoms with Gasteiger partial charge in [0.05, 0.1) is 4.75 Å². The number of amides is 1. The highest BCUT2D eigenvalue weighted by Gasteiger charge is 2.61. The van der Waals surface area contributed by atoms with E-state index in [-0.39, 0.29) is 5.92 Å². The molecule has 0 saturated heterocycles. The molecule has 2 rings (SSSR count). The number of nitrogens with one attached hydrogen (secondary N) is 1.